The van der Waals surface area contributed by atoms with Crippen LogP contribution in [0.4, 0.5) is 0 Å². The van der Waals surface area contributed by atoms with Crippen molar-refractivity contribution < 1.29 is 4.74 Å². The van der Waals surface area contributed by atoms with Gasteiger partial charge in [0.2, 0.25) is 16.9 Å². The van der Waals surface area contributed by atoms with E-state index >= 15 is 0 Å². The minimum Gasteiger partial charge on any atom is -0.420 e. The Morgan fingerprint density at radius 3 is 3.12 bits per heavy atom. The molecule has 4 heterocycles. The summed E-state index contributed by atoms with van der Waals surface area (Å²) >= 11 is 3.14. The van der Waals surface area contributed by atoms with Crippen LogP contribution in [0.25, 0.3) is 0 Å². The van der Waals surface area contributed by atoms with Crippen molar-refractivity contribution in [1.29, 1.82) is 5.26 Å². The molecule has 26 heavy (non-hydrogen) atoms. The first-order valence-electron chi connectivity index (χ1n) is 7.63. The highest BCUT2D eigenvalue weighted by atomic mass is 32.2. The third kappa shape index (κ3) is 2.73. The highest BCUT2D eigenvalue weighted by Crippen LogP contribution is 2.44. The maximum atomic E-state index is 9.59. The monoisotopic (exact) mass is 386 g/mol. The largest absolute Gasteiger partial charge is 0.420 e. The van der Waals surface area contributed by atoms with E-state index < -0.39 is 0 Å². The van der Waals surface area contributed by atoms with E-state index in [0.29, 0.717) is 11.5 Å². The van der Waals surface area contributed by atoms with Gasteiger partial charge in [0, 0.05) is 23.4 Å². The molecule has 3 N–H and O–H groups in total. The average Bonchev–Trinajstić information content (AvgIpc) is 3.33. The van der Waals surface area contributed by atoms with Crippen molar-refractivity contribution in [1.82, 2.24) is 30.4 Å². The molecule has 9 nitrogen and oxygen atoms in total. The minimum atomic E-state index is -0.275. The number of fused-ring (bicyclic) bond motifs is 1. The fraction of sp³-hybridized carbons (Fsp3) is 0.267. The number of nitrogens with zero attached hydrogens (tertiary/aromatic N) is 6. The van der Waals surface area contributed by atoms with Crippen molar-refractivity contribution in [2.75, 3.05) is 0 Å². The van der Waals surface area contributed by atoms with E-state index in [1.165, 1.54) is 0 Å². The SMILES string of the molecule is Cc1[nH]nc2c1[C@H](c1cc(CSc3nnnn3C)cs1)C(C#N)=C(N)O2. The maximum absolute atomic E-state index is 9.59. The predicted molar refractivity (Wildman–Crippen MR) is 95.3 cm³/mol. The third-order valence-electron chi connectivity index (χ3n) is 4.04. The highest BCUT2D eigenvalue weighted by molar-refractivity contribution is 7.98. The van der Waals surface area contributed by atoms with Gasteiger partial charge in [0.1, 0.15) is 11.6 Å². The average molecular weight is 386 g/mol. The maximum Gasteiger partial charge on any atom is 0.244 e. The molecule has 0 aromatic carbocycles. The summed E-state index contributed by atoms with van der Waals surface area (Å²) in [5.74, 6) is 0.985. The van der Waals surface area contributed by atoms with Crippen molar-refractivity contribution in [3.63, 3.8) is 0 Å². The van der Waals surface area contributed by atoms with E-state index in [4.69, 9.17) is 10.5 Å². The van der Waals surface area contributed by atoms with Crippen LogP contribution in [0.5, 0.6) is 5.88 Å². The number of ether oxygens (including phenoxy) is 1. The van der Waals surface area contributed by atoms with Gasteiger partial charge >= 0.3 is 0 Å². The Bertz CT molecular complexity index is 1040. The summed E-state index contributed by atoms with van der Waals surface area (Å²) in [6, 6.07) is 4.27. The number of hydrogen-bond acceptors (Lipinski definition) is 9. The Morgan fingerprint density at radius 2 is 2.38 bits per heavy atom. The van der Waals surface area contributed by atoms with E-state index in [9.17, 15) is 5.26 Å². The summed E-state index contributed by atoms with van der Waals surface area (Å²) in [5.41, 5.74) is 9.19. The molecule has 0 fully saturated rings. The van der Waals surface area contributed by atoms with Crippen LogP contribution >= 0.6 is 23.1 Å². The van der Waals surface area contributed by atoms with Crippen LogP contribution in [0, 0.1) is 18.3 Å². The Balaban J connectivity index is 1.65. The fourth-order valence-electron chi connectivity index (χ4n) is 2.80. The summed E-state index contributed by atoms with van der Waals surface area (Å²) in [5, 5.41) is 30.9. The van der Waals surface area contributed by atoms with E-state index in [1.54, 1.807) is 34.8 Å². The van der Waals surface area contributed by atoms with Gasteiger partial charge in [-0.05, 0) is 34.4 Å². The number of nitriles is 1. The molecule has 0 aliphatic carbocycles. The molecule has 1 aliphatic heterocycles. The van der Waals surface area contributed by atoms with Crippen LogP contribution in [0.15, 0.2) is 28.1 Å². The van der Waals surface area contributed by atoms with Gasteiger partial charge in [0.05, 0.1) is 11.5 Å². The first-order chi connectivity index (χ1) is 12.6. The van der Waals surface area contributed by atoms with Gasteiger partial charge < -0.3 is 10.5 Å². The summed E-state index contributed by atoms with van der Waals surface area (Å²) in [6.07, 6.45) is 0. The lowest BCUT2D eigenvalue weighted by Crippen LogP contribution is -2.20. The number of hydrogen-bond donors (Lipinski definition) is 2. The number of aromatic nitrogens is 6. The molecule has 132 valence electrons. The summed E-state index contributed by atoms with van der Waals surface area (Å²) in [4.78, 5) is 1.02. The molecule has 0 bridgehead atoms. The van der Waals surface area contributed by atoms with Crippen molar-refractivity contribution in [2.45, 2.75) is 23.8 Å². The van der Waals surface area contributed by atoms with Gasteiger partial charge in [-0.3, -0.25) is 5.10 Å². The Labute approximate surface area is 156 Å². The number of aromatic amines is 1. The molecule has 11 heteroatoms. The van der Waals surface area contributed by atoms with Crippen LogP contribution in [0.3, 0.4) is 0 Å². The second-order valence-electron chi connectivity index (χ2n) is 5.72. The second kappa shape index (κ2) is 6.47. The zero-order valence-electron chi connectivity index (χ0n) is 13.9. The van der Waals surface area contributed by atoms with E-state index in [-0.39, 0.29) is 11.8 Å². The molecule has 1 aliphatic rings. The van der Waals surface area contributed by atoms with Gasteiger partial charge in [-0.1, -0.05) is 11.8 Å². The van der Waals surface area contributed by atoms with Crippen LogP contribution in [0.1, 0.15) is 27.6 Å². The Hall–Kier alpha value is -2.84. The minimum absolute atomic E-state index is 0.103. The van der Waals surface area contributed by atoms with Crippen LogP contribution in [0.2, 0.25) is 0 Å². The molecule has 0 unspecified atom stereocenters. The van der Waals surface area contributed by atoms with Gasteiger partial charge in [-0.2, -0.15) is 5.26 Å². The van der Waals surface area contributed by atoms with Crippen molar-refractivity contribution in [3.05, 3.63) is 44.6 Å². The smallest absolute Gasteiger partial charge is 0.244 e. The number of allylic oxidation sites excluding steroid dienone is 1. The predicted octanol–water partition coefficient (Wildman–Crippen LogP) is 1.81. The zero-order valence-corrected chi connectivity index (χ0v) is 15.6. The molecule has 1 atom stereocenters. The van der Waals surface area contributed by atoms with Crippen LogP contribution < -0.4 is 10.5 Å². The van der Waals surface area contributed by atoms with Gasteiger partial charge in [-0.25, -0.2) is 4.68 Å². The lowest BCUT2D eigenvalue weighted by molar-refractivity contribution is 0.379. The molecule has 0 saturated heterocycles. The summed E-state index contributed by atoms with van der Waals surface area (Å²) < 4.78 is 7.13. The van der Waals surface area contributed by atoms with Gasteiger partial charge in [0.25, 0.3) is 0 Å². The highest BCUT2D eigenvalue weighted by Gasteiger charge is 2.35. The van der Waals surface area contributed by atoms with Crippen LogP contribution in [-0.4, -0.2) is 30.4 Å². The quantitative estimate of drug-likeness (QED) is 0.649. The lowest BCUT2D eigenvalue weighted by Gasteiger charge is -2.22. The number of nitrogens with one attached hydrogen (secondary N) is 1. The Kier molecular flexibility index (Phi) is 4.14. The number of rotatable bonds is 4. The molecule has 0 spiro atoms. The number of thioether (sulfide) groups is 1. The van der Waals surface area contributed by atoms with Crippen molar-refractivity contribution in [2.24, 2.45) is 12.8 Å². The molecule has 0 saturated carbocycles. The second-order valence-corrected chi connectivity index (χ2v) is 7.61. The summed E-state index contributed by atoms with van der Waals surface area (Å²) in [7, 11) is 1.80. The molecular formula is C15H14N8OS2. The Morgan fingerprint density at radius 1 is 1.54 bits per heavy atom. The lowest BCUT2D eigenvalue weighted by atomic mass is 9.89. The molecule has 0 amide bonds. The zero-order chi connectivity index (χ0) is 18.3. The standard InChI is InChI=1S/C15H14N8OS2/c1-7-11-12(9(4-16)13(17)24-14(11)19-18-7)10-3-8(5-25-10)6-26-15-20-21-22-23(15)2/h3,5,12H,6,17H2,1-2H3,(H,18,19)/t12-/m0/s1. The molecule has 3 aromatic rings. The topological polar surface area (TPSA) is 131 Å². The normalized spacial score (nSPS) is 16.3. The summed E-state index contributed by atoms with van der Waals surface area (Å²) in [6.45, 7) is 1.91. The molecule has 0 radical (unpaired) electrons. The third-order valence-corrected chi connectivity index (χ3v) is 6.17. The van der Waals surface area contributed by atoms with E-state index in [0.717, 1.165) is 32.6 Å². The number of nitrogens with two attached hydrogens (primary N) is 1. The van der Waals surface area contributed by atoms with Gasteiger partial charge in [-0.15, -0.1) is 21.5 Å². The van der Waals surface area contributed by atoms with E-state index in [2.05, 4.69) is 43.2 Å². The number of aryl methyl sites for hydroxylation is 2. The van der Waals surface area contributed by atoms with Crippen molar-refractivity contribution in [3.8, 4) is 11.9 Å². The molecule has 3 aromatic heterocycles. The van der Waals surface area contributed by atoms with Crippen molar-refractivity contribution >= 4 is 23.1 Å². The fourth-order valence-corrected chi connectivity index (χ4v) is 4.71. The van der Waals surface area contributed by atoms with Gasteiger partial charge in [0.15, 0.2) is 0 Å². The van der Waals surface area contributed by atoms with E-state index in [1.807, 2.05) is 6.92 Å². The molecular weight excluding hydrogens is 372 g/mol. The molecule has 4 rings (SSSR count). The first-order valence-corrected chi connectivity index (χ1v) is 9.50. The number of H-pyrrole nitrogens is 1. The van der Waals surface area contributed by atoms with Crippen LogP contribution in [-0.2, 0) is 12.8 Å². The number of thiophene rings is 1. The first kappa shape index (κ1) is 16.6. The number of tetrazole rings is 1.